The third-order valence-electron chi connectivity index (χ3n) is 6.71. The van der Waals surface area contributed by atoms with E-state index in [0.717, 1.165) is 11.1 Å². The van der Waals surface area contributed by atoms with Gasteiger partial charge in [-0.2, -0.15) is 0 Å². The van der Waals surface area contributed by atoms with Crippen LogP contribution in [0.1, 0.15) is 71.2 Å². The molecule has 0 radical (unpaired) electrons. The summed E-state index contributed by atoms with van der Waals surface area (Å²) in [5, 5.41) is 11.5. The van der Waals surface area contributed by atoms with E-state index in [4.69, 9.17) is 9.47 Å². The van der Waals surface area contributed by atoms with Crippen molar-refractivity contribution in [2.24, 2.45) is 5.92 Å². The summed E-state index contributed by atoms with van der Waals surface area (Å²) in [5.74, 6) is -0.0931. The second-order valence-corrected chi connectivity index (χ2v) is 11.9. The number of ether oxygens (including phenoxy) is 2. The first kappa shape index (κ1) is 28.9. The molecule has 4 rings (SSSR count). The van der Waals surface area contributed by atoms with Gasteiger partial charge in [0.2, 0.25) is 0 Å². The third-order valence-corrected chi connectivity index (χ3v) is 6.71. The lowest BCUT2D eigenvalue weighted by Crippen LogP contribution is -2.29. The summed E-state index contributed by atoms with van der Waals surface area (Å²) in [5.41, 5.74) is 2.77. The number of anilines is 1. The van der Waals surface area contributed by atoms with E-state index in [0.29, 0.717) is 35.3 Å². The molecule has 1 aliphatic heterocycles. The Bertz CT molecular complexity index is 1400. The van der Waals surface area contributed by atoms with Gasteiger partial charge in [0, 0.05) is 11.3 Å². The van der Waals surface area contributed by atoms with Crippen molar-refractivity contribution in [2.75, 3.05) is 11.5 Å². The van der Waals surface area contributed by atoms with E-state index in [1.54, 1.807) is 48.5 Å². The summed E-state index contributed by atoms with van der Waals surface area (Å²) in [7, 11) is 0. The number of hydrogen-bond donors (Lipinski definition) is 1. The Morgan fingerprint density at radius 3 is 2.12 bits per heavy atom. The monoisotopic (exact) mass is 541 g/mol. The molecule has 0 spiro atoms. The van der Waals surface area contributed by atoms with Crippen LogP contribution in [-0.4, -0.2) is 29.5 Å². The normalized spacial score (nSPS) is 17.1. The zero-order valence-electron chi connectivity index (χ0n) is 24.4. The number of carbonyl (C=O) groups excluding carboxylic acids is 2. The van der Waals surface area contributed by atoms with Gasteiger partial charge in [-0.05, 0) is 72.7 Å². The van der Waals surface area contributed by atoms with Crippen LogP contribution in [0.5, 0.6) is 11.5 Å². The number of aliphatic hydroxyl groups is 1. The van der Waals surface area contributed by atoms with Crippen molar-refractivity contribution < 1.29 is 24.2 Å². The van der Waals surface area contributed by atoms with Crippen LogP contribution in [0.15, 0.2) is 78.4 Å². The van der Waals surface area contributed by atoms with E-state index < -0.39 is 17.7 Å². The highest BCUT2D eigenvalue weighted by atomic mass is 16.5. The molecule has 1 fully saturated rings. The Labute approximate surface area is 237 Å². The maximum Gasteiger partial charge on any atom is 0.300 e. The summed E-state index contributed by atoms with van der Waals surface area (Å²) < 4.78 is 11.6. The van der Waals surface area contributed by atoms with E-state index in [9.17, 15) is 14.7 Å². The molecule has 3 aromatic rings. The molecule has 1 N–H and O–H groups in total. The number of amides is 1. The average molecular weight is 542 g/mol. The SMILES string of the molecule is CC(C)COc1cccc(/C(O)=C2/C(=O)C(=O)N(c3ccc(OC(C)C)cc3)C2c2ccc(C(C)(C)C)cc2)c1. The number of carbonyl (C=O) groups is 2. The minimum atomic E-state index is -0.814. The second kappa shape index (κ2) is 11.6. The molecule has 3 aromatic carbocycles. The molecule has 40 heavy (non-hydrogen) atoms. The van der Waals surface area contributed by atoms with Gasteiger partial charge in [0.05, 0.1) is 24.3 Å². The van der Waals surface area contributed by atoms with E-state index in [2.05, 4.69) is 34.6 Å². The fourth-order valence-electron chi connectivity index (χ4n) is 4.69. The molecule has 1 aliphatic rings. The highest BCUT2D eigenvalue weighted by Crippen LogP contribution is 2.43. The molecule has 1 heterocycles. The first-order valence-electron chi connectivity index (χ1n) is 13.8. The number of Topliss-reactive ketones (excluding diaryl/α,β-unsaturated/α-hetero) is 1. The molecule has 0 aliphatic carbocycles. The Hall–Kier alpha value is -4.06. The van der Waals surface area contributed by atoms with E-state index in [1.807, 2.05) is 38.1 Å². The lowest BCUT2D eigenvalue weighted by atomic mass is 9.85. The van der Waals surface area contributed by atoms with Gasteiger partial charge < -0.3 is 14.6 Å². The average Bonchev–Trinajstić information content (AvgIpc) is 3.17. The topological polar surface area (TPSA) is 76.1 Å². The zero-order valence-corrected chi connectivity index (χ0v) is 24.4. The van der Waals surface area contributed by atoms with Crippen LogP contribution in [0.2, 0.25) is 0 Å². The molecule has 6 nitrogen and oxygen atoms in total. The van der Waals surface area contributed by atoms with Crippen molar-refractivity contribution in [1.82, 2.24) is 0 Å². The van der Waals surface area contributed by atoms with Crippen LogP contribution >= 0.6 is 0 Å². The largest absolute Gasteiger partial charge is 0.507 e. The molecule has 1 saturated heterocycles. The fraction of sp³-hybridized carbons (Fsp3) is 0.353. The van der Waals surface area contributed by atoms with Crippen LogP contribution in [0.4, 0.5) is 5.69 Å². The summed E-state index contributed by atoms with van der Waals surface area (Å²) in [6.07, 6.45) is 0.00156. The molecular weight excluding hydrogens is 502 g/mol. The van der Waals surface area contributed by atoms with Crippen molar-refractivity contribution in [3.8, 4) is 11.5 Å². The quantitative estimate of drug-likeness (QED) is 0.182. The van der Waals surface area contributed by atoms with Gasteiger partial charge in [0.15, 0.2) is 0 Å². The number of benzene rings is 3. The van der Waals surface area contributed by atoms with Gasteiger partial charge in [-0.1, -0.05) is 71.0 Å². The Balaban J connectivity index is 1.84. The van der Waals surface area contributed by atoms with E-state index in [1.165, 1.54) is 4.90 Å². The van der Waals surface area contributed by atoms with Gasteiger partial charge in [-0.3, -0.25) is 14.5 Å². The van der Waals surface area contributed by atoms with Gasteiger partial charge in [-0.25, -0.2) is 0 Å². The van der Waals surface area contributed by atoms with E-state index >= 15 is 0 Å². The summed E-state index contributed by atoms with van der Waals surface area (Å²) in [4.78, 5) is 28.6. The van der Waals surface area contributed by atoms with Crippen LogP contribution < -0.4 is 14.4 Å². The highest BCUT2D eigenvalue weighted by molar-refractivity contribution is 6.51. The lowest BCUT2D eigenvalue weighted by Gasteiger charge is -2.27. The van der Waals surface area contributed by atoms with Crippen molar-refractivity contribution in [2.45, 2.75) is 66.0 Å². The third kappa shape index (κ3) is 6.22. The molecule has 0 saturated carbocycles. The van der Waals surface area contributed by atoms with Gasteiger partial charge in [-0.15, -0.1) is 0 Å². The summed E-state index contributed by atoms with van der Waals surface area (Å²) >= 11 is 0. The minimum Gasteiger partial charge on any atom is -0.507 e. The van der Waals surface area contributed by atoms with Gasteiger partial charge >= 0.3 is 0 Å². The van der Waals surface area contributed by atoms with E-state index in [-0.39, 0.29) is 22.9 Å². The molecule has 1 atom stereocenters. The highest BCUT2D eigenvalue weighted by Gasteiger charge is 2.47. The molecular formula is C34H39NO5. The molecule has 1 amide bonds. The Morgan fingerprint density at radius 2 is 1.55 bits per heavy atom. The standard InChI is InChI=1S/C34H39NO5/c1-21(2)20-39-28-10-8-9-24(19-28)31(36)29-30(23-11-13-25(14-12-23)34(5,6)7)35(33(38)32(29)37)26-15-17-27(18-16-26)40-22(3)4/h8-19,21-22,30,36H,20H2,1-7H3/b31-29-. The van der Waals surface area contributed by atoms with Crippen LogP contribution in [0, 0.1) is 5.92 Å². The number of ketones is 1. The molecule has 0 bridgehead atoms. The van der Waals surface area contributed by atoms with Crippen molar-refractivity contribution in [1.29, 1.82) is 0 Å². The number of aliphatic hydroxyl groups excluding tert-OH is 1. The molecule has 210 valence electrons. The first-order chi connectivity index (χ1) is 18.9. The predicted molar refractivity (Wildman–Crippen MR) is 159 cm³/mol. The smallest absolute Gasteiger partial charge is 0.300 e. The van der Waals surface area contributed by atoms with Gasteiger partial charge in [0.25, 0.3) is 11.7 Å². The van der Waals surface area contributed by atoms with Crippen LogP contribution in [0.25, 0.3) is 5.76 Å². The Morgan fingerprint density at radius 1 is 0.900 bits per heavy atom. The summed E-state index contributed by atoms with van der Waals surface area (Å²) in [6.45, 7) is 14.9. The number of hydrogen-bond acceptors (Lipinski definition) is 5. The second-order valence-electron chi connectivity index (χ2n) is 11.9. The van der Waals surface area contributed by atoms with Crippen molar-refractivity contribution in [3.05, 3.63) is 95.1 Å². The summed E-state index contributed by atoms with van der Waals surface area (Å²) in [6, 6.07) is 21.1. The van der Waals surface area contributed by atoms with Gasteiger partial charge in [0.1, 0.15) is 17.3 Å². The predicted octanol–water partition coefficient (Wildman–Crippen LogP) is 7.43. The molecule has 1 unspecified atom stereocenters. The number of rotatable bonds is 8. The first-order valence-corrected chi connectivity index (χ1v) is 13.8. The minimum absolute atomic E-state index is 0.00156. The Kier molecular flexibility index (Phi) is 8.38. The maximum absolute atomic E-state index is 13.6. The van der Waals surface area contributed by atoms with Crippen molar-refractivity contribution >= 4 is 23.1 Å². The fourth-order valence-corrected chi connectivity index (χ4v) is 4.69. The zero-order chi connectivity index (χ0) is 29.2. The lowest BCUT2D eigenvalue weighted by molar-refractivity contribution is -0.132. The number of nitrogens with zero attached hydrogens (tertiary/aromatic N) is 1. The van der Waals surface area contributed by atoms with Crippen LogP contribution in [0.3, 0.4) is 0 Å². The maximum atomic E-state index is 13.6. The van der Waals surface area contributed by atoms with Crippen LogP contribution in [-0.2, 0) is 15.0 Å². The molecule has 6 heteroatoms. The van der Waals surface area contributed by atoms with Crippen molar-refractivity contribution in [3.63, 3.8) is 0 Å². The molecule has 0 aromatic heterocycles.